The summed E-state index contributed by atoms with van der Waals surface area (Å²) in [5.41, 5.74) is 1.86. The molecular formula is C25H32N4O3. The van der Waals surface area contributed by atoms with Crippen LogP contribution < -0.4 is 4.73 Å². The smallest absolute Gasteiger partial charge is 0.254 e. The average molecular weight is 437 g/mol. The fourth-order valence-electron chi connectivity index (χ4n) is 4.71. The molecule has 3 heterocycles. The molecular weight excluding hydrogens is 404 g/mol. The Morgan fingerprint density at radius 2 is 1.66 bits per heavy atom. The standard InChI is InChI=1S/C25H32N4O3/c30-24(27-17-15-26(16-18-27)19-21-5-2-1-3-6-21)9-8-22-7-4-12-28(20-22)25(31)23-10-13-29(32)14-11-23/h1-3,5-6,10-11,13-14,22H,4,7-9,12,15-20H2/t22-/m0/s1. The average Bonchev–Trinajstić information content (AvgIpc) is 2.84. The van der Waals surface area contributed by atoms with Gasteiger partial charge in [-0.3, -0.25) is 14.5 Å². The van der Waals surface area contributed by atoms with Crippen molar-refractivity contribution in [2.24, 2.45) is 5.92 Å². The first-order chi connectivity index (χ1) is 15.6. The maximum atomic E-state index is 12.8. The molecule has 0 aliphatic carbocycles. The molecule has 2 aliphatic rings. The van der Waals surface area contributed by atoms with Crippen LogP contribution in [0.5, 0.6) is 0 Å². The lowest BCUT2D eigenvalue weighted by Gasteiger charge is -2.36. The third kappa shape index (κ3) is 5.85. The molecule has 2 aromatic rings. The number of likely N-dealkylation sites (tertiary alicyclic amines) is 1. The van der Waals surface area contributed by atoms with Crippen LogP contribution in [0.15, 0.2) is 54.9 Å². The molecule has 0 spiro atoms. The highest BCUT2D eigenvalue weighted by atomic mass is 16.5. The lowest BCUT2D eigenvalue weighted by molar-refractivity contribution is -0.605. The monoisotopic (exact) mass is 436 g/mol. The van der Waals surface area contributed by atoms with E-state index in [2.05, 4.69) is 29.2 Å². The maximum Gasteiger partial charge on any atom is 0.254 e. The van der Waals surface area contributed by atoms with E-state index in [9.17, 15) is 14.8 Å². The highest BCUT2D eigenvalue weighted by Crippen LogP contribution is 2.23. The Morgan fingerprint density at radius 3 is 2.38 bits per heavy atom. The molecule has 2 fully saturated rings. The molecule has 0 unspecified atom stereocenters. The fraction of sp³-hybridized carbons (Fsp3) is 0.480. The zero-order valence-electron chi connectivity index (χ0n) is 18.6. The van der Waals surface area contributed by atoms with Crippen LogP contribution in [0.2, 0.25) is 0 Å². The van der Waals surface area contributed by atoms with Crippen molar-refractivity contribution in [3.63, 3.8) is 0 Å². The van der Waals surface area contributed by atoms with Crippen LogP contribution in [0.25, 0.3) is 0 Å². The van der Waals surface area contributed by atoms with Gasteiger partial charge < -0.3 is 15.0 Å². The number of aromatic nitrogens is 1. The first-order valence-corrected chi connectivity index (χ1v) is 11.6. The molecule has 0 radical (unpaired) electrons. The Kier molecular flexibility index (Phi) is 7.37. The van der Waals surface area contributed by atoms with Crippen LogP contribution in [0.3, 0.4) is 0 Å². The lowest BCUT2D eigenvalue weighted by Crippen LogP contribution is -2.48. The van der Waals surface area contributed by atoms with Gasteiger partial charge in [-0.25, -0.2) is 0 Å². The third-order valence-electron chi connectivity index (χ3n) is 6.60. The Labute approximate surface area is 189 Å². The first-order valence-electron chi connectivity index (χ1n) is 11.6. The van der Waals surface area contributed by atoms with Crippen LogP contribution in [-0.2, 0) is 11.3 Å². The number of hydrogen-bond acceptors (Lipinski definition) is 4. The van der Waals surface area contributed by atoms with Gasteiger partial charge >= 0.3 is 0 Å². The van der Waals surface area contributed by atoms with Crippen molar-refractivity contribution in [3.8, 4) is 0 Å². The molecule has 0 N–H and O–H groups in total. The lowest BCUT2D eigenvalue weighted by atomic mass is 9.92. The van der Waals surface area contributed by atoms with E-state index in [4.69, 9.17) is 0 Å². The first kappa shape index (κ1) is 22.3. The van der Waals surface area contributed by atoms with E-state index in [0.29, 0.717) is 29.2 Å². The summed E-state index contributed by atoms with van der Waals surface area (Å²) < 4.78 is 0.683. The van der Waals surface area contributed by atoms with Gasteiger partial charge in [0.2, 0.25) is 5.91 Å². The Balaban J connectivity index is 1.20. The Bertz CT molecular complexity index is 895. The maximum absolute atomic E-state index is 12.8. The normalized spacial score (nSPS) is 19.7. The Morgan fingerprint density at radius 1 is 0.938 bits per heavy atom. The molecule has 1 aromatic carbocycles. The summed E-state index contributed by atoms with van der Waals surface area (Å²) in [6, 6.07) is 13.6. The summed E-state index contributed by atoms with van der Waals surface area (Å²) in [6.07, 6.45) is 6.09. The number of piperidine rings is 1. The summed E-state index contributed by atoms with van der Waals surface area (Å²) in [4.78, 5) is 31.8. The summed E-state index contributed by atoms with van der Waals surface area (Å²) in [5.74, 6) is 0.552. The van der Waals surface area contributed by atoms with Crippen molar-refractivity contribution in [1.82, 2.24) is 14.7 Å². The summed E-state index contributed by atoms with van der Waals surface area (Å²) in [5, 5.41) is 11.2. The molecule has 0 saturated carbocycles. The van der Waals surface area contributed by atoms with Crippen molar-refractivity contribution in [3.05, 3.63) is 71.2 Å². The van der Waals surface area contributed by atoms with Gasteiger partial charge in [-0.05, 0) is 30.7 Å². The topological polar surface area (TPSA) is 70.8 Å². The quantitative estimate of drug-likeness (QED) is 0.515. The van der Waals surface area contributed by atoms with E-state index in [1.54, 1.807) is 12.1 Å². The molecule has 170 valence electrons. The highest BCUT2D eigenvalue weighted by Gasteiger charge is 2.27. The molecule has 1 atom stereocenters. The molecule has 4 rings (SSSR count). The number of hydrogen-bond donors (Lipinski definition) is 0. The number of pyridine rings is 1. The number of benzene rings is 1. The van der Waals surface area contributed by atoms with E-state index in [-0.39, 0.29) is 11.8 Å². The second-order valence-corrected chi connectivity index (χ2v) is 8.89. The number of amides is 2. The zero-order valence-corrected chi connectivity index (χ0v) is 18.6. The van der Waals surface area contributed by atoms with E-state index in [1.165, 1.54) is 18.0 Å². The number of carbonyl (C=O) groups is 2. The minimum Gasteiger partial charge on any atom is -0.619 e. The highest BCUT2D eigenvalue weighted by molar-refractivity contribution is 5.94. The van der Waals surface area contributed by atoms with Gasteiger partial charge in [0.05, 0.1) is 5.56 Å². The number of nitrogens with zero attached hydrogens (tertiary/aromatic N) is 4. The van der Waals surface area contributed by atoms with Crippen LogP contribution in [0.1, 0.15) is 41.6 Å². The van der Waals surface area contributed by atoms with Gasteiger partial charge in [-0.1, -0.05) is 30.3 Å². The van der Waals surface area contributed by atoms with E-state index >= 15 is 0 Å². The molecule has 0 bridgehead atoms. The number of piperazine rings is 1. The van der Waals surface area contributed by atoms with Crippen molar-refractivity contribution in [2.75, 3.05) is 39.3 Å². The van der Waals surface area contributed by atoms with Gasteiger partial charge in [0.25, 0.3) is 5.91 Å². The van der Waals surface area contributed by atoms with Crippen molar-refractivity contribution < 1.29 is 14.3 Å². The SMILES string of the molecule is O=C(CC[C@@H]1CCCN(C(=O)c2cc[n+]([O-])cc2)C1)N1CCN(Cc2ccccc2)CC1. The van der Waals surface area contributed by atoms with Crippen molar-refractivity contribution in [2.45, 2.75) is 32.2 Å². The molecule has 2 amide bonds. The van der Waals surface area contributed by atoms with Crippen molar-refractivity contribution in [1.29, 1.82) is 0 Å². The Hall–Kier alpha value is -2.93. The van der Waals surface area contributed by atoms with Crippen molar-refractivity contribution >= 4 is 11.8 Å². The van der Waals surface area contributed by atoms with E-state index in [1.807, 2.05) is 15.9 Å². The largest absolute Gasteiger partial charge is 0.619 e. The minimum absolute atomic E-state index is 0.0313. The van der Waals surface area contributed by atoms with Gasteiger partial charge in [-0.2, -0.15) is 4.73 Å². The fourth-order valence-corrected chi connectivity index (χ4v) is 4.71. The van der Waals surface area contributed by atoms with Gasteiger partial charge in [0, 0.05) is 64.4 Å². The van der Waals surface area contributed by atoms with Gasteiger partial charge in [0.1, 0.15) is 0 Å². The van der Waals surface area contributed by atoms with E-state index < -0.39 is 0 Å². The number of rotatable bonds is 6. The molecule has 32 heavy (non-hydrogen) atoms. The summed E-state index contributed by atoms with van der Waals surface area (Å²) >= 11 is 0. The molecule has 7 nitrogen and oxygen atoms in total. The predicted octanol–water partition coefficient (Wildman–Crippen LogP) is 2.30. The summed E-state index contributed by atoms with van der Waals surface area (Å²) in [6.45, 7) is 5.75. The third-order valence-corrected chi connectivity index (χ3v) is 6.60. The predicted molar refractivity (Wildman–Crippen MR) is 122 cm³/mol. The molecule has 7 heteroatoms. The summed E-state index contributed by atoms with van der Waals surface area (Å²) in [7, 11) is 0. The zero-order chi connectivity index (χ0) is 22.3. The minimum atomic E-state index is -0.0313. The second kappa shape index (κ2) is 10.6. The molecule has 2 aliphatic heterocycles. The molecule has 2 saturated heterocycles. The van der Waals surface area contributed by atoms with E-state index in [0.717, 1.165) is 58.5 Å². The van der Waals surface area contributed by atoms with Gasteiger partial charge in [-0.15, -0.1) is 0 Å². The van der Waals surface area contributed by atoms with Gasteiger partial charge in [0.15, 0.2) is 12.4 Å². The second-order valence-electron chi connectivity index (χ2n) is 8.89. The van der Waals surface area contributed by atoms with Crippen LogP contribution in [-0.4, -0.2) is 65.8 Å². The van der Waals surface area contributed by atoms with Crippen LogP contribution in [0.4, 0.5) is 0 Å². The molecule has 1 aromatic heterocycles. The number of carbonyl (C=O) groups excluding carboxylic acids is 2. The van der Waals surface area contributed by atoms with Crippen LogP contribution >= 0.6 is 0 Å². The van der Waals surface area contributed by atoms with Crippen LogP contribution in [0, 0.1) is 11.1 Å².